The van der Waals surface area contributed by atoms with E-state index in [-0.39, 0.29) is 0 Å². The minimum Gasteiger partial charge on any atom is -0.320 e. The molecule has 0 aliphatic heterocycles. The Bertz CT molecular complexity index is 18.8. The zero-order chi connectivity index (χ0) is 10.1. The lowest BCUT2D eigenvalue weighted by Crippen LogP contribution is -2.01. The van der Waals surface area contributed by atoms with Crippen LogP contribution in [0.3, 0.4) is 0 Å². The van der Waals surface area contributed by atoms with Gasteiger partial charge in [-0.2, -0.15) is 0 Å². The zero-order valence-corrected chi connectivity index (χ0v) is 9.33. The highest BCUT2D eigenvalue weighted by Gasteiger charge is 1.50. The Balaban J connectivity index is -0.0000000315. The summed E-state index contributed by atoms with van der Waals surface area (Å²) >= 11 is 0. The molecular weight excluding hydrogens is 134 g/mol. The van der Waals surface area contributed by atoms with E-state index in [1.807, 2.05) is 20.9 Å². The number of nitrogens with one attached hydrogen (secondary N) is 1. The van der Waals surface area contributed by atoms with Crippen LogP contribution in [0.15, 0.2) is 13.2 Å². The van der Waals surface area contributed by atoms with E-state index in [0.717, 1.165) is 6.54 Å². The summed E-state index contributed by atoms with van der Waals surface area (Å²) in [6.07, 6.45) is 1.25. The molecule has 0 saturated carbocycles. The fourth-order valence-electron chi connectivity index (χ4n) is 0. The van der Waals surface area contributed by atoms with Gasteiger partial charge in [-0.25, -0.2) is 0 Å². The van der Waals surface area contributed by atoms with Gasteiger partial charge in [-0.05, 0) is 13.6 Å². The predicted octanol–water partition coefficient (Wildman–Crippen LogP) is 3.47. The van der Waals surface area contributed by atoms with Crippen LogP contribution in [0.25, 0.3) is 0 Å². The first kappa shape index (κ1) is 22.4. The van der Waals surface area contributed by atoms with Crippen molar-refractivity contribution in [2.24, 2.45) is 0 Å². The van der Waals surface area contributed by atoms with Crippen molar-refractivity contribution in [3.8, 4) is 0 Å². The first-order valence-electron chi connectivity index (χ1n) is 4.47. The Kier molecular flexibility index (Phi) is 205. The third-order valence-corrected chi connectivity index (χ3v) is 0.354. The average Bonchev–Trinajstić information content (AvgIpc) is 2.12. The standard InChI is InChI=1S/C3H9N.C3H8.C2H6.C2H4/c1-3-4-2;1-3-2;2*1-2/h4H,3H2,1-2H3;3H2,1-2H3;1-2H3;1-2H2. The van der Waals surface area contributed by atoms with Crippen molar-refractivity contribution >= 4 is 0 Å². The smallest absolute Gasteiger partial charge is 0.00804 e. The van der Waals surface area contributed by atoms with Gasteiger partial charge in [0.25, 0.3) is 0 Å². The van der Waals surface area contributed by atoms with Gasteiger partial charge < -0.3 is 5.32 Å². The molecule has 0 aromatic carbocycles. The molecular formula is C10H27N. The van der Waals surface area contributed by atoms with E-state index in [0.29, 0.717) is 0 Å². The largest absolute Gasteiger partial charge is 0.320 e. The summed E-state index contributed by atoms with van der Waals surface area (Å²) in [5.74, 6) is 0. The molecule has 0 unspecified atom stereocenters. The third kappa shape index (κ3) is 1170. The number of rotatable bonds is 1. The van der Waals surface area contributed by atoms with Gasteiger partial charge >= 0.3 is 0 Å². The molecule has 0 aromatic heterocycles. The van der Waals surface area contributed by atoms with E-state index in [9.17, 15) is 0 Å². The fourth-order valence-corrected chi connectivity index (χ4v) is 0. The highest BCUT2D eigenvalue weighted by atomic mass is 14.8. The summed E-state index contributed by atoms with van der Waals surface area (Å²) in [4.78, 5) is 0. The first-order valence-corrected chi connectivity index (χ1v) is 4.47. The van der Waals surface area contributed by atoms with E-state index in [1.54, 1.807) is 0 Å². The van der Waals surface area contributed by atoms with E-state index in [1.165, 1.54) is 6.42 Å². The van der Waals surface area contributed by atoms with Crippen molar-refractivity contribution in [2.75, 3.05) is 13.6 Å². The molecule has 0 fully saturated rings. The summed E-state index contributed by atoms with van der Waals surface area (Å²) < 4.78 is 0. The van der Waals surface area contributed by atoms with Crippen LogP contribution in [-0.2, 0) is 0 Å². The molecule has 0 aliphatic carbocycles. The van der Waals surface area contributed by atoms with Crippen LogP contribution in [0.2, 0.25) is 0 Å². The van der Waals surface area contributed by atoms with Crippen LogP contribution < -0.4 is 5.32 Å². The maximum absolute atomic E-state index is 3.00. The zero-order valence-electron chi connectivity index (χ0n) is 9.33. The minimum absolute atomic E-state index is 1.07. The van der Waals surface area contributed by atoms with Gasteiger partial charge in [0.1, 0.15) is 0 Å². The van der Waals surface area contributed by atoms with Gasteiger partial charge in [0.2, 0.25) is 0 Å². The molecule has 1 N–H and O–H groups in total. The van der Waals surface area contributed by atoms with Crippen LogP contribution >= 0.6 is 0 Å². The molecule has 0 spiro atoms. The van der Waals surface area contributed by atoms with Crippen molar-refractivity contribution in [2.45, 2.75) is 41.0 Å². The topological polar surface area (TPSA) is 12.0 Å². The Hall–Kier alpha value is -0.300. The second-order valence-corrected chi connectivity index (χ2v) is 1.41. The molecule has 0 heterocycles. The van der Waals surface area contributed by atoms with Crippen molar-refractivity contribution in [3.63, 3.8) is 0 Å². The van der Waals surface area contributed by atoms with Crippen LogP contribution in [0.1, 0.15) is 41.0 Å². The van der Waals surface area contributed by atoms with Gasteiger partial charge in [0.15, 0.2) is 0 Å². The van der Waals surface area contributed by atoms with Crippen LogP contribution in [0, 0.1) is 0 Å². The maximum Gasteiger partial charge on any atom is -0.00804 e. The predicted molar refractivity (Wildman–Crippen MR) is 58.2 cm³/mol. The molecule has 11 heavy (non-hydrogen) atoms. The number of hydrogen-bond donors (Lipinski definition) is 1. The van der Waals surface area contributed by atoms with Crippen molar-refractivity contribution in [1.82, 2.24) is 5.32 Å². The molecule has 0 amide bonds. The van der Waals surface area contributed by atoms with Gasteiger partial charge in [0.05, 0.1) is 0 Å². The van der Waals surface area contributed by atoms with E-state index in [4.69, 9.17) is 0 Å². The first-order chi connectivity index (χ1) is 5.33. The molecule has 0 saturated heterocycles. The van der Waals surface area contributed by atoms with E-state index < -0.39 is 0 Å². The molecule has 0 radical (unpaired) electrons. The molecule has 0 rings (SSSR count). The van der Waals surface area contributed by atoms with E-state index in [2.05, 4.69) is 39.2 Å². The lowest BCUT2D eigenvalue weighted by molar-refractivity contribution is 0.864. The molecule has 72 valence electrons. The fraction of sp³-hybridized carbons (Fsp3) is 0.800. The second-order valence-electron chi connectivity index (χ2n) is 1.41. The summed E-state index contributed by atoms with van der Waals surface area (Å²) in [7, 11) is 1.93. The third-order valence-electron chi connectivity index (χ3n) is 0.354. The Morgan fingerprint density at radius 2 is 1.09 bits per heavy atom. The molecule has 1 nitrogen and oxygen atoms in total. The highest BCUT2D eigenvalue weighted by molar-refractivity contribution is 4.22. The summed E-state index contributed by atoms with van der Waals surface area (Å²) in [6.45, 7) is 17.4. The minimum atomic E-state index is 1.07. The Morgan fingerprint density at radius 1 is 1.00 bits per heavy atom. The van der Waals surface area contributed by atoms with Gasteiger partial charge in [-0.15, -0.1) is 13.2 Å². The molecule has 0 aliphatic rings. The monoisotopic (exact) mass is 161 g/mol. The number of hydrogen-bond acceptors (Lipinski definition) is 1. The molecule has 0 aromatic rings. The van der Waals surface area contributed by atoms with Crippen molar-refractivity contribution in [3.05, 3.63) is 13.2 Å². The van der Waals surface area contributed by atoms with E-state index >= 15 is 0 Å². The summed E-state index contributed by atoms with van der Waals surface area (Å²) in [5.41, 5.74) is 0. The normalized spacial score (nSPS) is 5.27. The molecule has 0 bridgehead atoms. The second kappa shape index (κ2) is 101. The summed E-state index contributed by atoms with van der Waals surface area (Å²) in [5, 5.41) is 2.93. The lowest BCUT2D eigenvalue weighted by Gasteiger charge is -1.76. The Labute approximate surface area is 73.9 Å². The maximum atomic E-state index is 3.00. The average molecular weight is 161 g/mol. The quantitative estimate of drug-likeness (QED) is 0.581. The van der Waals surface area contributed by atoms with Crippen LogP contribution in [0.5, 0.6) is 0 Å². The van der Waals surface area contributed by atoms with Crippen molar-refractivity contribution in [1.29, 1.82) is 0 Å². The van der Waals surface area contributed by atoms with Crippen LogP contribution in [0.4, 0.5) is 0 Å². The highest BCUT2D eigenvalue weighted by Crippen LogP contribution is 1.56. The molecule has 0 atom stereocenters. The summed E-state index contributed by atoms with van der Waals surface area (Å²) in [6, 6.07) is 0. The van der Waals surface area contributed by atoms with Gasteiger partial charge in [-0.1, -0.05) is 41.0 Å². The van der Waals surface area contributed by atoms with Gasteiger partial charge in [-0.3, -0.25) is 0 Å². The van der Waals surface area contributed by atoms with Crippen molar-refractivity contribution < 1.29 is 0 Å². The lowest BCUT2D eigenvalue weighted by atomic mass is 10.6. The van der Waals surface area contributed by atoms with Crippen LogP contribution in [-0.4, -0.2) is 13.6 Å². The Morgan fingerprint density at radius 3 is 1.09 bits per heavy atom. The molecule has 1 heteroatoms. The van der Waals surface area contributed by atoms with Gasteiger partial charge in [0, 0.05) is 0 Å². The SMILES string of the molecule is C=C.CC.CCC.CCNC.